The van der Waals surface area contributed by atoms with Gasteiger partial charge in [0.1, 0.15) is 6.73 Å². The Morgan fingerprint density at radius 3 is 2.85 bits per heavy atom. The van der Waals surface area contributed by atoms with Crippen molar-refractivity contribution < 1.29 is 5.11 Å². The Labute approximate surface area is 74.7 Å². The third kappa shape index (κ3) is 1.54. The largest absolute Gasteiger partial charge is 0.374 e. The van der Waals surface area contributed by atoms with E-state index in [1.165, 1.54) is 4.68 Å². The summed E-state index contributed by atoms with van der Waals surface area (Å²) in [5, 5.41) is 20.3. The summed E-state index contributed by atoms with van der Waals surface area (Å²) >= 11 is 0. The molecule has 5 heteroatoms. The van der Waals surface area contributed by atoms with Gasteiger partial charge in [-0.2, -0.15) is 15.3 Å². The van der Waals surface area contributed by atoms with E-state index in [0.29, 0.717) is 0 Å². The lowest BCUT2D eigenvalue weighted by Crippen LogP contribution is -1.96. The molecule has 66 valence electrons. The van der Waals surface area contributed by atoms with Crippen LogP contribution < -0.4 is 0 Å². The van der Waals surface area contributed by atoms with Gasteiger partial charge in [-0.05, 0) is 12.1 Å². The van der Waals surface area contributed by atoms with Crippen molar-refractivity contribution in [2.75, 3.05) is 0 Å². The highest BCUT2D eigenvalue weighted by molar-refractivity contribution is 5.56. The number of nitrogens with zero attached hydrogens (tertiary/aromatic N) is 4. The fraction of sp³-hybridized carbons (Fsp3) is 0.125. The average Bonchev–Trinajstić information content (AvgIpc) is 2.67. The third-order valence-corrected chi connectivity index (χ3v) is 1.67. The lowest BCUT2D eigenvalue weighted by molar-refractivity contribution is 0.195. The second kappa shape index (κ2) is 3.32. The monoisotopic (exact) mass is 176 g/mol. The van der Waals surface area contributed by atoms with Crippen molar-refractivity contribution in [3.63, 3.8) is 0 Å². The standard InChI is InChI=1S/C8H8N4O/c13-6-12-4-2-8(11-12)7-1-3-9-10-5-7/h1-5,13H,6H2. The first-order valence-corrected chi connectivity index (χ1v) is 3.81. The topological polar surface area (TPSA) is 63.8 Å². The van der Waals surface area contributed by atoms with Crippen LogP contribution in [0.1, 0.15) is 0 Å². The molecule has 13 heavy (non-hydrogen) atoms. The predicted molar refractivity (Wildman–Crippen MR) is 45.5 cm³/mol. The Morgan fingerprint density at radius 1 is 1.31 bits per heavy atom. The van der Waals surface area contributed by atoms with E-state index in [-0.39, 0.29) is 6.73 Å². The summed E-state index contributed by atoms with van der Waals surface area (Å²) in [4.78, 5) is 0. The van der Waals surface area contributed by atoms with Crippen LogP contribution in [-0.2, 0) is 6.73 Å². The molecule has 2 aromatic rings. The quantitative estimate of drug-likeness (QED) is 0.714. The van der Waals surface area contributed by atoms with Gasteiger partial charge in [-0.3, -0.25) is 0 Å². The summed E-state index contributed by atoms with van der Waals surface area (Å²) < 4.78 is 1.44. The van der Waals surface area contributed by atoms with E-state index in [1.807, 2.05) is 12.1 Å². The number of hydrogen-bond acceptors (Lipinski definition) is 4. The molecule has 0 fully saturated rings. The second-order valence-electron chi connectivity index (χ2n) is 2.51. The number of aliphatic hydroxyl groups is 1. The molecule has 0 aromatic carbocycles. The summed E-state index contributed by atoms with van der Waals surface area (Å²) in [6.07, 6.45) is 4.94. The molecule has 0 bridgehead atoms. The van der Waals surface area contributed by atoms with Gasteiger partial charge in [-0.15, -0.1) is 0 Å². The van der Waals surface area contributed by atoms with Crippen molar-refractivity contribution >= 4 is 0 Å². The van der Waals surface area contributed by atoms with Crippen LogP contribution in [0.3, 0.4) is 0 Å². The molecule has 2 aromatic heterocycles. The van der Waals surface area contributed by atoms with Crippen LogP contribution in [0.4, 0.5) is 0 Å². The van der Waals surface area contributed by atoms with Gasteiger partial charge in [-0.25, -0.2) is 4.68 Å². The van der Waals surface area contributed by atoms with Gasteiger partial charge in [0.25, 0.3) is 0 Å². The van der Waals surface area contributed by atoms with Crippen LogP contribution in [0.5, 0.6) is 0 Å². The minimum atomic E-state index is -0.113. The molecule has 0 radical (unpaired) electrons. The Hall–Kier alpha value is -1.75. The molecule has 0 saturated heterocycles. The maximum Gasteiger partial charge on any atom is 0.136 e. The van der Waals surface area contributed by atoms with Gasteiger partial charge in [0, 0.05) is 11.8 Å². The maximum atomic E-state index is 8.77. The van der Waals surface area contributed by atoms with E-state index in [2.05, 4.69) is 15.3 Å². The number of rotatable bonds is 2. The fourth-order valence-electron chi connectivity index (χ4n) is 1.04. The molecule has 1 N–H and O–H groups in total. The summed E-state index contributed by atoms with van der Waals surface area (Å²) in [6.45, 7) is -0.113. The molecule has 0 aliphatic heterocycles. The molecule has 0 aliphatic carbocycles. The highest BCUT2D eigenvalue weighted by Gasteiger charge is 2.00. The van der Waals surface area contributed by atoms with E-state index in [0.717, 1.165) is 11.3 Å². The van der Waals surface area contributed by atoms with Gasteiger partial charge in [0.2, 0.25) is 0 Å². The Morgan fingerprint density at radius 2 is 2.23 bits per heavy atom. The summed E-state index contributed by atoms with van der Waals surface area (Å²) in [6, 6.07) is 3.63. The van der Waals surface area contributed by atoms with Crippen LogP contribution in [0, 0.1) is 0 Å². The Bertz CT molecular complexity index is 384. The maximum absolute atomic E-state index is 8.77. The summed E-state index contributed by atoms with van der Waals surface area (Å²) in [7, 11) is 0. The minimum absolute atomic E-state index is 0.113. The first-order chi connectivity index (χ1) is 6.40. The fourth-order valence-corrected chi connectivity index (χ4v) is 1.04. The van der Waals surface area contributed by atoms with E-state index in [4.69, 9.17) is 5.11 Å². The van der Waals surface area contributed by atoms with Gasteiger partial charge >= 0.3 is 0 Å². The number of aliphatic hydroxyl groups excluding tert-OH is 1. The predicted octanol–water partition coefficient (Wildman–Crippen LogP) is 0.290. The van der Waals surface area contributed by atoms with E-state index < -0.39 is 0 Å². The molecule has 0 atom stereocenters. The van der Waals surface area contributed by atoms with E-state index >= 15 is 0 Å². The molecule has 0 saturated carbocycles. The molecule has 5 nitrogen and oxygen atoms in total. The molecular formula is C8H8N4O. The molecule has 0 spiro atoms. The smallest absolute Gasteiger partial charge is 0.136 e. The van der Waals surface area contributed by atoms with Crippen molar-refractivity contribution in [1.29, 1.82) is 0 Å². The minimum Gasteiger partial charge on any atom is -0.374 e. The molecule has 0 aliphatic rings. The van der Waals surface area contributed by atoms with Gasteiger partial charge in [-0.1, -0.05) is 0 Å². The molecule has 0 amide bonds. The lowest BCUT2D eigenvalue weighted by atomic mass is 10.2. The lowest BCUT2D eigenvalue weighted by Gasteiger charge is -1.93. The molecule has 2 rings (SSSR count). The first-order valence-electron chi connectivity index (χ1n) is 3.81. The number of aromatic nitrogens is 4. The molecule has 0 unspecified atom stereocenters. The van der Waals surface area contributed by atoms with Gasteiger partial charge < -0.3 is 5.11 Å². The van der Waals surface area contributed by atoms with Crippen molar-refractivity contribution in [2.45, 2.75) is 6.73 Å². The zero-order valence-corrected chi connectivity index (χ0v) is 6.83. The van der Waals surface area contributed by atoms with Crippen LogP contribution >= 0.6 is 0 Å². The molecular weight excluding hydrogens is 168 g/mol. The van der Waals surface area contributed by atoms with Crippen LogP contribution in [0.2, 0.25) is 0 Å². The van der Waals surface area contributed by atoms with Crippen molar-refractivity contribution in [3.8, 4) is 11.3 Å². The van der Waals surface area contributed by atoms with Crippen molar-refractivity contribution in [1.82, 2.24) is 20.0 Å². The van der Waals surface area contributed by atoms with Gasteiger partial charge in [0.05, 0.1) is 18.1 Å². The summed E-state index contributed by atoms with van der Waals surface area (Å²) in [5.41, 5.74) is 1.67. The Balaban J connectivity index is 2.36. The zero-order chi connectivity index (χ0) is 9.10. The third-order valence-electron chi connectivity index (χ3n) is 1.67. The molecule has 2 heterocycles. The van der Waals surface area contributed by atoms with E-state index in [1.54, 1.807) is 18.6 Å². The first kappa shape index (κ1) is 7.88. The van der Waals surface area contributed by atoms with Crippen molar-refractivity contribution in [2.24, 2.45) is 0 Å². The van der Waals surface area contributed by atoms with Crippen LogP contribution in [-0.4, -0.2) is 25.1 Å². The number of hydrogen-bond donors (Lipinski definition) is 1. The van der Waals surface area contributed by atoms with Crippen LogP contribution in [0.25, 0.3) is 11.3 Å². The second-order valence-corrected chi connectivity index (χ2v) is 2.51. The van der Waals surface area contributed by atoms with E-state index in [9.17, 15) is 0 Å². The van der Waals surface area contributed by atoms with Gasteiger partial charge in [0.15, 0.2) is 0 Å². The highest BCUT2D eigenvalue weighted by Crippen LogP contribution is 2.13. The highest BCUT2D eigenvalue weighted by atomic mass is 16.3. The normalized spacial score (nSPS) is 10.2. The van der Waals surface area contributed by atoms with Crippen LogP contribution in [0.15, 0.2) is 30.7 Å². The SMILES string of the molecule is OCn1ccc(-c2ccnnc2)n1. The average molecular weight is 176 g/mol. The summed E-state index contributed by atoms with van der Waals surface area (Å²) in [5.74, 6) is 0. The Kier molecular flexibility index (Phi) is 2.01. The van der Waals surface area contributed by atoms with Crippen molar-refractivity contribution in [3.05, 3.63) is 30.7 Å². The zero-order valence-electron chi connectivity index (χ0n) is 6.83.